The van der Waals surface area contributed by atoms with E-state index in [1.165, 1.54) is 6.07 Å². The summed E-state index contributed by atoms with van der Waals surface area (Å²) in [6, 6.07) is 1.45. The number of H-pyrrole nitrogens is 1. The summed E-state index contributed by atoms with van der Waals surface area (Å²) < 4.78 is 5.19. The first-order valence-electron chi connectivity index (χ1n) is 5.12. The Kier molecular flexibility index (Phi) is 4.83. The van der Waals surface area contributed by atoms with Crippen LogP contribution in [0.2, 0.25) is 0 Å². The molecule has 1 aromatic rings. The van der Waals surface area contributed by atoms with Gasteiger partial charge in [0.05, 0.1) is 0 Å². The number of hydrogen-bond donors (Lipinski definition) is 2. The van der Waals surface area contributed by atoms with Crippen LogP contribution in [-0.2, 0) is 4.74 Å². The molecule has 0 saturated heterocycles. The molecule has 0 radical (unpaired) electrons. The molecule has 1 rings (SSSR count). The van der Waals surface area contributed by atoms with E-state index in [9.17, 15) is 4.79 Å². The summed E-state index contributed by atoms with van der Waals surface area (Å²) >= 11 is 0. The predicted molar refractivity (Wildman–Crippen MR) is 59.2 cm³/mol. The van der Waals surface area contributed by atoms with Gasteiger partial charge in [0.15, 0.2) is 0 Å². The zero-order chi connectivity index (χ0) is 11.1. The molecular weight excluding hydrogens is 194 g/mol. The van der Waals surface area contributed by atoms with Crippen molar-refractivity contribution in [1.82, 2.24) is 9.97 Å². The normalized spacial score (nSPS) is 10.3. The van der Waals surface area contributed by atoms with Crippen molar-refractivity contribution in [2.45, 2.75) is 20.3 Å². The summed E-state index contributed by atoms with van der Waals surface area (Å²) in [4.78, 5) is 17.8. The van der Waals surface area contributed by atoms with Crippen LogP contribution in [0.5, 0.6) is 0 Å². The maximum absolute atomic E-state index is 11.1. The highest BCUT2D eigenvalue weighted by atomic mass is 16.5. The summed E-state index contributed by atoms with van der Waals surface area (Å²) in [7, 11) is 0. The van der Waals surface area contributed by atoms with Crippen LogP contribution < -0.4 is 10.9 Å². The SMILES string of the molecule is CCOCCCNc1cc(=O)[nH]c(C)n1. The highest BCUT2D eigenvalue weighted by Crippen LogP contribution is 1.97. The minimum Gasteiger partial charge on any atom is -0.382 e. The Hall–Kier alpha value is -1.36. The van der Waals surface area contributed by atoms with Gasteiger partial charge in [0.25, 0.3) is 5.56 Å². The molecule has 15 heavy (non-hydrogen) atoms. The third kappa shape index (κ3) is 4.60. The van der Waals surface area contributed by atoms with Gasteiger partial charge in [-0.05, 0) is 20.3 Å². The molecular formula is C10H17N3O2. The van der Waals surface area contributed by atoms with Crippen LogP contribution in [0.4, 0.5) is 5.82 Å². The second kappa shape index (κ2) is 6.19. The van der Waals surface area contributed by atoms with Gasteiger partial charge < -0.3 is 15.0 Å². The smallest absolute Gasteiger partial charge is 0.252 e. The summed E-state index contributed by atoms with van der Waals surface area (Å²) in [5, 5.41) is 3.07. The van der Waals surface area contributed by atoms with E-state index in [0.29, 0.717) is 11.6 Å². The quantitative estimate of drug-likeness (QED) is 0.686. The lowest BCUT2D eigenvalue weighted by atomic mass is 10.4. The van der Waals surface area contributed by atoms with Crippen LogP contribution in [0.15, 0.2) is 10.9 Å². The topological polar surface area (TPSA) is 67.0 Å². The first-order valence-corrected chi connectivity index (χ1v) is 5.12. The van der Waals surface area contributed by atoms with E-state index in [4.69, 9.17) is 4.74 Å². The molecule has 0 saturated carbocycles. The standard InChI is InChI=1S/C10H17N3O2/c1-3-15-6-4-5-11-9-7-10(14)13-8(2)12-9/h7H,3-6H2,1-2H3,(H2,11,12,13,14). The lowest BCUT2D eigenvalue weighted by Gasteiger charge is -2.05. The Morgan fingerprint density at radius 3 is 3.07 bits per heavy atom. The fourth-order valence-electron chi connectivity index (χ4n) is 1.21. The molecule has 0 bridgehead atoms. The lowest BCUT2D eigenvalue weighted by molar-refractivity contribution is 0.147. The Labute approximate surface area is 88.9 Å². The van der Waals surface area contributed by atoms with E-state index < -0.39 is 0 Å². The number of rotatable bonds is 6. The average Bonchev–Trinajstić information content (AvgIpc) is 2.16. The molecule has 0 amide bonds. The Morgan fingerprint density at radius 2 is 2.40 bits per heavy atom. The van der Waals surface area contributed by atoms with Gasteiger partial charge in [-0.3, -0.25) is 4.79 Å². The van der Waals surface area contributed by atoms with Crippen LogP contribution in [0, 0.1) is 6.92 Å². The second-order valence-electron chi connectivity index (χ2n) is 3.19. The number of aromatic amines is 1. The predicted octanol–water partition coefficient (Wildman–Crippen LogP) is 0.917. The van der Waals surface area contributed by atoms with Gasteiger partial charge in [-0.25, -0.2) is 4.98 Å². The molecule has 2 N–H and O–H groups in total. The van der Waals surface area contributed by atoms with Crippen LogP contribution in [0.1, 0.15) is 19.2 Å². The van der Waals surface area contributed by atoms with Crippen molar-refractivity contribution in [3.05, 3.63) is 22.2 Å². The minimum atomic E-state index is -0.130. The van der Waals surface area contributed by atoms with E-state index >= 15 is 0 Å². The zero-order valence-electron chi connectivity index (χ0n) is 9.17. The van der Waals surface area contributed by atoms with E-state index in [1.807, 2.05) is 6.92 Å². The van der Waals surface area contributed by atoms with Gasteiger partial charge in [-0.1, -0.05) is 0 Å². The summed E-state index contributed by atoms with van der Waals surface area (Å²) in [6.07, 6.45) is 0.904. The van der Waals surface area contributed by atoms with Crippen LogP contribution in [0.3, 0.4) is 0 Å². The van der Waals surface area contributed by atoms with Gasteiger partial charge in [-0.15, -0.1) is 0 Å². The second-order valence-corrected chi connectivity index (χ2v) is 3.19. The molecule has 0 aliphatic rings. The summed E-state index contributed by atoms with van der Waals surface area (Å²) in [5.74, 6) is 1.24. The largest absolute Gasteiger partial charge is 0.382 e. The van der Waals surface area contributed by atoms with E-state index in [2.05, 4.69) is 15.3 Å². The Balaban J connectivity index is 2.34. The first kappa shape index (κ1) is 11.7. The fraction of sp³-hybridized carbons (Fsp3) is 0.600. The van der Waals surface area contributed by atoms with Gasteiger partial charge in [-0.2, -0.15) is 0 Å². The molecule has 0 fully saturated rings. The highest BCUT2D eigenvalue weighted by molar-refractivity contribution is 5.32. The van der Waals surface area contributed by atoms with Crippen LogP contribution in [-0.4, -0.2) is 29.7 Å². The molecule has 1 heterocycles. The third-order valence-corrected chi connectivity index (χ3v) is 1.84. The summed E-state index contributed by atoms with van der Waals surface area (Å²) in [6.45, 7) is 5.95. The Morgan fingerprint density at radius 1 is 1.60 bits per heavy atom. The molecule has 0 unspecified atom stereocenters. The summed E-state index contributed by atoms with van der Waals surface area (Å²) in [5.41, 5.74) is -0.130. The number of nitrogens with one attached hydrogen (secondary N) is 2. The van der Waals surface area contributed by atoms with Crippen molar-refractivity contribution in [3.63, 3.8) is 0 Å². The van der Waals surface area contributed by atoms with Crippen molar-refractivity contribution in [3.8, 4) is 0 Å². The van der Waals surface area contributed by atoms with Crippen molar-refractivity contribution in [1.29, 1.82) is 0 Å². The number of aryl methyl sites for hydroxylation is 1. The van der Waals surface area contributed by atoms with Crippen molar-refractivity contribution in [2.75, 3.05) is 25.1 Å². The van der Waals surface area contributed by atoms with Crippen molar-refractivity contribution in [2.24, 2.45) is 0 Å². The monoisotopic (exact) mass is 211 g/mol. The molecule has 5 nitrogen and oxygen atoms in total. The number of anilines is 1. The number of aromatic nitrogens is 2. The molecule has 0 aliphatic heterocycles. The molecule has 0 atom stereocenters. The molecule has 0 spiro atoms. The van der Waals surface area contributed by atoms with Gasteiger partial charge in [0, 0.05) is 25.8 Å². The fourth-order valence-corrected chi connectivity index (χ4v) is 1.21. The lowest BCUT2D eigenvalue weighted by Crippen LogP contribution is -2.13. The van der Waals surface area contributed by atoms with Crippen LogP contribution >= 0.6 is 0 Å². The number of nitrogens with zero attached hydrogens (tertiary/aromatic N) is 1. The number of ether oxygens (including phenoxy) is 1. The maximum Gasteiger partial charge on any atom is 0.252 e. The Bertz CT molecular complexity index is 349. The average molecular weight is 211 g/mol. The number of hydrogen-bond acceptors (Lipinski definition) is 4. The molecule has 84 valence electrons. The molecule has 0 aromatic carbocycles. The van der Waals surface area contributed by atoms with Crippen LogP contribution in [0.25, 0.3) is 0 Å². The van der Waals surface area contributed by atoms with E-state index in [0.717, 1.165) is 26.2 Å². The van der Waals surface area contributed by atoms with E-state index in [1.54, 1.807) is 6.92 Å². The molecule has 1 aromatic heterocycles. The van der Waals surface area contributed by atoms with Crippen molar-refractivity contribution >= 4 is 5.82 Å². The zero-order valence-corrected chi connectivity index (χ0v) is 9.17. The molecule has 5 heteroatoms. The third-order valence-electron chi connectivity index (χ3n) is 1.84. The van der Waals surface area contributed by atoms with Crippen molar-refractivity contribution < 1.29 is 4.74 Å². The van der Waals surface area contributed by atoms with Gasteiger partial charge in [0.2, 0.25) is 0 Å². The minimum absolute atomic E-state index is 0.130. The first-order chi connectivity index (χ1) is 7.22. The van der Waals surface area contributed by atoms with E-state index in [-0.39, 0.29) is 5.56 Å². The maximum atomic E-state index is 11.1. The highest BCUT2D eigenvalue weighted by Gasteiger charge is 1.96. The molecule has 0 aliphatic carbocycles. The van der Waals surface area contributed by atoms with Gasteiger partial charge >= 0.3 is 0 Å². The van der Waals surface area contributed by atoms with Gasteiger partial charge in [0.1, 0.15) is 11.6 Å².